The summed E-state index contributed by atoms with van der Waals surface area (Å²) in [5, 5.41) is 8.79. The summed E-state index contributed by atoms with van der Waals surface area (Å²) < 4.78 is 51.1. The molecule has 1 amide bonds. The third-order valence-electron chi connectivity index (χ3n) is 4.40. The maximum Gasteiger partial charge on any atom is 0.243 e. The topological polar surface area (TPSA) is 119 Å². The van der Waals surface area contributed by atoms with Crippen molar-refractivity contribution in [3.8, 4) is 6.07 Å². The molecule has 1 aromatic carbocycles. The third-order valence-corrected chi connectivity index (χ3v) is 8.10. The molecule has 9 nitrogen and oxygen atoms in total. The highest BCUT2D eigenvalue weighted by molar-refractivity contribution is 7.89. The molecule has 0 unspecified atom stereocenters. The predicted molar refractivity (Wildman–Crippen MR) is 98.6 cm³/mol. The van der Waals surface area contributed by atoms with Crippen LogP contribution in [-0.2, 0) is 24.8 Å². The number of nitriles is 1. The molecule has 0 bridgehead atoms. The van der Waals surface area contributed by atoms with Gasteiger partial charge in [-0.05, 0) is 31.2 Å². The van der Waals surface area contributed by atoms with E-state index in [0.29, 0.717) is 5.56 Å². The average Bonchev–Trinajstić information content (AvgIpc) is 2.67. The van der Waals surface area contributed by atoms with Gasteiger partial charge in [0.05, 0.1) is 28.8 Å². The van der Waals surface area contributed by atoms with Crippen LogP contribution in [0.25, 0.3) is 0 Å². The fourth-order valence-corrected chi connectivity index (χ4v) is 4.86. The van der Waals surface area contributed by atoms with E-state index in [0.717, 1.165) is 4.31 Å². The molecule has 1 aliphatic rings. The summed E-state index contributed by atoms with van der Waals surface area (Å²) in [6.07, 6.45) is 0. The Kier molecular flexibility index (Phi) is 6.59. The molecule has 0 saturated carbocycles. The highest BCUT2D eigenvalue weighted by atomic mass is 32.2. The zero-order valence-corrected chi connectivity index (χ0v) is 16.8. The van der Waals surface area contributed by atoms with E-state index in [1.54, 1.807) is 6.92 Å². The lowest BCUT2D eigenvalue weighted by Crippen LogP contribution is -2.52. The minimum absolute atomic E-state index is 0.00402. The zero-order chi connectivity index (χ0) is 20.2. The minimum atomic E-state index is -3.87. The Balaban J connectivity index is 2.00. The summed E-state index contributed by atoms with van der Waals surface area (Å²) in [5.41, 5.74) is 0.340. The highest BCUT2D eigenvalue weighted by Gasteiger charge is 2.30. The molecule has 11 heteroatoms. The lowest BCUT2D eigenvalue weighted by molar-refractivity contribution is -0.132. The lowest BCUT2D eigenvalue weighted by atomic mass is 10.2. The minimum Gasteiger partial charge on any atom is -0.339 e. The summed E-state index contributed by atoms with van der Waals surface area (Å²) in [6.45, 7) is 2.08. The smallest absolute Gasteiger partial charge is 0.243 e. The SMILES string of the molecule is CCS(=O)(=O)N1CCN(C(=O)CN(C)S(=O)(=O)c2ccc(C#N)cc2)CC1. The van der Waals surface area contributed by atoms with E-state index < -0.39 is 20.0 Å². The van der Waals surface area contributed by atoms with Crippen molar-refractivity contribution in [3.05, 3.63) is 29.8 Å². The van der Waals surface area contributed by atoms with Gasteiger partial charge in [-0.15, -0.1) is 0 Å². The van der Waals surface area contributed by atoms with Crippen molar-refractivity contribution < 1.29 is 21.6 Å². The average molecular weight is 415 g/mol. The lowest BCUT2D eigenvalue weighted by Gasteiger charge is -2.34. The van der Waals surface area contributed by atoms with Crippen molar-refractivity contribution in [1.29, 1.82) is 5.26 Å². The fourth-order valence-electron chi connectivity index (χ4n) is 2.66. The summed E-state index contributed by atoms with van der Waals surface area (Å²) in [6, 6.07) is 7.36. The number of carbonyl (C=O) groups is 1. The number of nitrogens with zero attached hydrogens (tertiary/aromatic N) is 4. The fraction of sp³-hybridized carbons (Fsp3) is 0.500. The van der Waals surface area contributed by atoms with Gasteiger partial charge >= 0.3 is 0 Å². The molecule has 1 saturated heterocycles. The Morgan fingerprint density at radius 3 is 2.15 bits per heavy atom. The van der Waals surface area contributed by atoms with Crippen molar-refractivity contribution in [2.45, 2.75) is 11.8 Å². The number of benzene rings is 1. The molecule has 0 N–H and O–H groups in total. The van der Waals surface area contributed by atoms with Gasteiger partial charge in [0.25, 0.3) is 0 Å². The van der Waals surface area contributed by atoms with E-state index in [9.17, 15) is 21.6 Å². The number of hydrogen-bond donors (Lipinski definition) is 0. The van der Waals surface area contributed by atoms with Crippen LogP contribution in [0.3, 0.4) is 0 Å². The number of rotatable bonds is 6. The van der Waals surface area contributed by atoms with Crippen LogP contribution < -0.4 is 0 Å². The molecule has 0 spiro atoms. The van der Waals surface area contributed by atoms with Crippen molar-refractivity contribution in [1.82, 2.24) is 13.5 Å². The van der Waals surface area contributed by atoms with Crippen molar-refractivity contribution in [2.75, 3.05) is 45.5 Å². The molecule has 0 aliphatic carbocycles. The first kappa shape index (κ1) is 21.3. The van der Waals surface area contributed by atoms with Gasteiger partial charge < -0.3 is 4.90 Å². The number of piperazine rings is 1. The number of carbonyl (C=O) groups excluding carboxylic acids is 1. The Bertz CT molecular complexity index is 928. The van der Waals surface area contributed by atoms with Gasteiger partial charge in [-0.1, -0.05) is 0 Å². The second-order valence-corrected chi connectivity index (χ2v) is 10.4. The van der Waals surface area contributed by atoms with E-state index in [2.05, 4.69) is 0 Å². The van der Waals surface area contributed by atoms with Gasteiger partial charge in [0, 0.05) is 33.2 Å². The van der Waals surface area contributed by atoms with Crippen LogP contribution >= 0.6 is 0 Å². The van der Waals surface area contributed by atoms with Crippen molar-refractivity contribution in [3.63, 3.8) is 0 Å². The maximum atomic E-state index is 12.6. The number of amides is 1. The number of sulfonamides is 2. The van der Waals surface area contributed by atoms with Crippen LogP contribution in [0.2, 0.25) is 0 Å². The molecule has 0 atom stereocenters. The molecular formula is C16H22N4O5S2. The van der Waals surface area contributed by atoms with E-state index in [-0.39, 0.29) is 49.3 Å². The van der Waals surface area contributed by atoms with Crippen LogP contribution in [0, 0.1) is 11.3 Å². The molecule has 2 rings (SSSR count). The first-order valence-electron chi connectivity index (χ1n) is 8.34. The molecule has 1 aliphatic heterocycles. The summed E-state index contributed by atoms with van der Waals surface area (Å²) in [5.74, 6) is -0.379. The molecule has 0 aromatic heterocycles. The van der Waals surface area contributed by atoms with Crippen LogP contribution in [-0.4, -0.2) is 81.8 Å². The second-order valence-electron chi connectivity index (χ2n) is 6.08. The van der Waals surface area contributed by atoms with Crippen LogP contribution in [0.4, 0.5) is 0 Å². The maximum absolute atomic E-state index is 12.6. The van der Waals surface area contributed by atoms with Gasteiger partial charge in [0.15, 0.2) is 0 Å². The van der Waals surface area contributed by atoms with Crippen LogP contribution in [0.15, 0.2) is 29.2 Å². The summed E-state index contributed by atoms with van der Waals surface area (Å²) in [7, 11) is -5.85. The van der Waals surface area contributed by atoms with Gasteiger partial charge in [-0.2, -0.15) is 13.9 Å². The standard InChI is InChI=1S/C16H22N4O5S2/c1-3-26(22,23)20-10-8-19(9-11-20)16(21)13-18(2)27(24,25)15-6-4-14(12-17)5-7-15/h4-7H,3,8-11,13H2,1-2H3. The summed E-state index contributed by atoms with van der Waals surface area (Å²) >= 11 is 0. The number of hydrogen-bond acceptors (Lipinski definition) is 6. The van der Waals surface area contributed by atoms with Gasteiger partial charge in [0.2, 0.25) is 26.0 Å². The van der Waals surface area contributed by atoms with E-state index >= 15 is 0 Å². The molecule has 0 radical (unpaired) electrons. The largest absolute Gasteiger partial charge is 0.339 e. The Labute approximate surface area is 159 Å². The highest BCUT2D eigenvalue weighted by Crippen LogP contribution is 2.16. The molecule has 1 aromatic rings. The van der Waals surface area contributed by atoms with Crippen molar-refractivity contribution in [2.24, 2.45) is 0 Å². The second kappa shape index (κ2) is 8.35. The zero-order valence-electron chi connectivity index (χ0n) is 15.2. The Morgan fingerprint density at radius 1 is 1.11 bits per heavy atom. The quantitative estimate of drug-likeness (QED) is 0.629. The molecular weight excluding hydrogens is 392 g/mol. The van der Waals surface area contributed by atoms with Crippen molar-refractivity contribution >= 4 is 26.0 Å². The molecule has 1 heterocycles. The number of likely N-dealkylation sites (N-methyl/N-ethyl adjacent to an activating group) is 1. The first-order valence-corrected chi connectivity index (χ1v) is 11.4. The predicted octanol–water partition coefficient (Wildman–Crippen LogP) is -0.327. The molecule has 27 heavy (non-hydrogen) atoms. The van der Waals surface area contributed by atoms with E-state index in [1.807, 2.05) is 6.07 Å². The molecule has 148 valence electrons. The Hall–Kier alpha value is -2.00. The van der Waals surface area contributed by atoms with Gasteiger partial charge in [0.1, 0.15) is 0 Å². The van der Waals surface area contributed by atoms with Crippen LogP contribution in [0.1, 0.15) is 12.5 Å². The van der Waals surface area contributed by atoms with Gasteiger partial charge in [-0.25, -0.2) is 16.8 Å². The van der Waals surface area contributed by atoms with E-state index in [1.165, 1.54) is 40.5 Å². The monoisotopic (exact) mass is 414 g/mol. The Morgan fingerprint density at radius 2 is 1.67 bits per heavy atom. The summed E-state index contributed by atoms with van der Waals surface area (Å²) in [4.78, 5) is 13.9. The normalized spacial score (nSPS) is 16.3. The van der Waals surface area contributed by atoms with Gasteiger partial charge in [-0.3, -0.25) is 4.79 Å². The molecule has 1 fully saturated rings. The third kappa shape index (κ3) is 4.84. The first-order chi connectivity index (χ1) is 12.6. The van der Waals surface area contributed by atoms with E-state index in [4.69, 9.17) is 5.26 Å². The van der Waals surface area contributed by atoms with Crippen LogP contribution in [0.5, 0.6) is 0 Å².